The van der Waals surface area contributed by atoms with Crippen LogP contribution in [0.4, 0.5) is 0 Å². The molecule has 3 heteroatoms. The summed E-state index contributed by atoms with van der Waals surface area (Å²) in [4.78, 5) is 0. The van der Waals surface area contributed by atoms with Gasteiger partial charge in [0.1, 0.15) is 6.07 Å². The number of rotatable bonds is 1. The van der Waals surface area contributed by atoms with Crippen LogP contribution in [0.15, 0.2) is 30.3 Å². The van der Waals surface area contributed by atoms with Gasteiger partial charge in [-0.15, -0.1) is 0 Å². The molecule has 3 nitrogen and oxygen atoms in total. The second kappa shape index (κ2) is 3.58. The second-order valence-corrected chi connectivity index (χ2v) is 3.40. The monoisotopic (exact) mass is 197 g/mol. The number of nitrogens with zero attached hydrogens (tertiary/aromatic N) is 3. The number of aryl methyl sites for hydroxylation is 1. The number of hydrogen-bond donors (Lipinski definition) is 0. The Morgan fingerprint density at radius 2 is 1.87 bits per heavy atom. The third-order valence-electron chi connectivity index (χ3n) is 2.40. The van der Waals surface area contributed by atoms with Gasteiger partial charge in [-0.2, -0.15) is 10.4 Å². The second-order valence-electron chi connectivity index (χ2n) is 3.40. The molecular weight excluding hydrogens is 186 g/mol. The highest BCUT2D eigenvalue weighted by Crippen LogP contribution is 2.16. The molecule has 0 saturated heterocycles. The molecule has 74 valence electrons. The van der Waals surface area contributed by atoms with E-state index in [-0.39, 0.29) is 0 Å². The van der Waals surface area contributed by atoms with Crippen LogP contribution in [0.1, 0.15) is 17.0 Å². The van der Waals surface area contributed by atoms with Crippen molar-refractivity contribution in [3.8, 4) is 11.8 Å². The van der Waals surface area contributed by atoms with Crippen molar-refractivity contribution in [2.75, 3.05) is 0 Å². The molecule has 0 amide bonds. The van der Waals surface area contributed by atoms with Crippen LogP contribution in [0.25, 0.3) is 5.69 Å². The summed E-state index contributed by atoms with van der Waals surface area (Å²) in [6.45, 7) is 3.76. The van der Waals surface area contributed by atoms with Crippen molar-refractivity contribution in [2.24, 2.45) is 0 Å². The SMILES string of the molecule is Cc1nn(-c2ccccc2)c(C)c1C#N. The molecule has 1 aromatic carbocycles. The van der Waals surface area contributed by atoms with Crippen molar-refractivity contribution < 1.29 is 0 Å². The first-order valence-corrected chi connectivity index (χ1v) is 4.76. The van der Waals surface area contributed by atoms with Crippen molar-refractivity contribution in [3.05, 3.63) is 47.3 Å². The van der Waals surface area contributed by atoms with E-state index in [9.17, 15) is 0 Å². The lowest BCUT2D eigenvalue weighted by atomic mass is 10.2. The summed E-state index contributed by atoms with van der Waals surface area (Å²) in [6.07, 6.45) is 0. The molecular formula is C12H11N3. The molecule has 0 radical (unpaired) electrons. The van der Waals surface area contributed by atoms with Crippen LogP contribution in [0, 0.1) is 25.2 Å². The first-order valence-electron chi connectivity index (χ1n) is 4.76. The zero-order valence-electron chi connectivity index (χ0n) is 8.73. The van der Waals surface area contributed by atoms with E-state index in [1.165, 1.54) is 0 Å². The minimum Gasteiger partial charge on any atom is -0.236 e. The van der Waals surface area contributed by atoms with Gasteiger partial charge in [0, 0.05) is 0 Å². The van der Waals surface area contributed by atoms with Gasteiger partial charge in [0.05, 0.1) is 22.6 Å². The molecule has 0 aliphatic rings. The Morgan fingerprint density at radius 1 is 1.20 bits per heavy atom. The molecule has 0 fully saturated rings. The molecule has 0 saturated carbocycles. The highest BCUT2D eigenvalue weighted by molar-refractivity contribution is 5.42. The minimum absolute atomic E-state index is 0.666. The van der Waals surface area contributed by atoms with E-state index < -0.39 is 0 Å². The largest absolute Gasteiger partial charge is 0.236 e. The lowest BCUT2D eigenvalue weighted by molar-refractivity contribution is 0.833. The Bertz CT molecular complexity index is 518. The lowest BCUT2D eigenvalue weighted by Gasteiger charge is -2.02. The zero-order valence-corrected chi connectivity index (χ0v) is 8.73. The highest BCUT2D eigenvalue weighted by Gasteiger charge is 2.11. The van der Waals surface area contributed by atoms with E-state index >= 15 is 0 Å². The van der Waals surface area contributed by atoms with E-state index in [0.29, 0.717) is 5.56 Å². The molecule has 0 aliphatic carbocycles. The predicted molar refractivity (Wildman–Crippen MR) is 57.8 cm³/mol. The quantitative estimate of drug-likeness (QED) is 0.704. The maximum atomic E-state index is 8.96. The van der Waals surface area contributed by atoms with Gasteiger partial charge in [0.25, 0.3) is 0 Å². The number of hydrogen-bond acceptors (Lipinski definition) is 2. The standard InChI is InChI=1S/C12H11N3/c1-9-12(8-13)10(2)15(14-9)11-6-4-3-5-7-11/h3-7H,1-2H3. The predicted octanol–water partition coefficient (Wildman–Crippen LogP) is 2.36. The molecule has 2 rings (SSSR count). The van der Waals surface area contributed by atoms with Crippen LogP contribution < -0.4 is 0 Å². The fourth-order valence-corrected chi connectivity index (χ4v) is 1.63. The lowest BCUT2D eigenvalue weighted by Crippen LogP contribution is -1.98. The number of benzene rings is 1. The molecule has 0 N–H and O–H groups in total. The number of para-hydroxylation sites is 1. The normalized spacial score (nSPS) is 9.93. The Labute approximate surface area is 88.6 Å². The van der Waals surface area contributed by atoms with Crippen molar-refractivity contribution in [1.82, 2.24) is 9.78 Å². The molecule has 0 atom stereocenters. The average Bonchev–Trinajstić information content (AvgIpc) is 2.55. The summed E-state index contributed by atoms with van der Waals surface area (Å²) in [5.74, 6) is 0. The summed E-state index contributed by atoms with van der Waals surface area (Å²) >= 11 is 0. The maximum Gasteiger partial charge on any atom is 0.103 e. The molecule has 1 heterocycles. The molecule has 2 aromatic rings. The van der Waals surface area contributed by atoms with E-state index in [2.05, 4.69) is 11.2 Å². The molecule has 1 aromatic heterocycles. The maximum absolute atomic E-state index is 8.96. The molecule has 0 spiro atoms. The Hall–Kier alpha value is -2.08. The highest BCUT2D eigenvalue weighted by atomic mass is 15.3. The van der Waals surface area contributed by atoms with Crippen molar-refractivity contribution in [1.29, 1.82) is 5.26 Å². The first kappa shape index (κ1) is 9.47. The molecule has 0 unspecified atom stereocenters. The first-order chi connectivity index (χ1) is 7.24. The van der Waals surface area contributed by atoms with Crippen LogP contribution in [0.2, 0.25) is 0 Å². The van der Waals surface area contributed by atoms with Gasteiger partial charge in [0.2, 0.25) is 0 Å². The average molecular weight is 197 g/mol. The Kier molecular flexibility index (Phi) is 2.26. The van der Waals surface area contributed by atoms with Crippen LogP contribution >= 0.6 is 0 Å². The van der Waals surface area contributed by atoms with Crippen molar-refractivity contribution in [3.63, 3.8) is 0 Å². The van der Waals surface area contributed by atoms with E-state index in [4.69, 9.17) is 5.26 Å². The van der Waals surface area contributed by atoms with Crippen LogP contribution in [0.3, 0.4) is 0 Å². The minimum atomic E-state index is 0.666. The van der Waals surface area contributed by atoms with E-state index in [1.807, 2.05) is 44.2 Å². The van der Waals surface area contributed by atoms with Crippen LogP contribution in [-0.4, -0.2) is 9.78 Å². The van der Waals surface area contributed by atoms with Crippen LogP contribution in [0.5, 0.6) is 0 Å². The van der Waals surface area contributed by atoms with Gasteiger partial charge in [-0.05, 0) is 26.0 Å². The van der Waals surface area contributed by atoms with Gasteiger partial charge in [-0.3, -0.25) is 0 Å². The van der Waals surface area contributed by atoms with Gasteiger partial charge >= 0.3 is 0 Å². The Morgan fingerprint density at radius 3 is 2.40 bits per heavy atom. The molecule has 0 aliphatic heterocycles. The van der Waals surface area contributed by atoms with Crippen molar-refractivity contribution >= 4 is 0 Å². The van der Waals surface area contributed by atoms with Gasteiger partial charge in [0.15, 0.2) is 0 Å². The number of aromatic nitrogens is 2. The van der Waals surface area contributed by atoms with Crippen molar-refractivity contribution in [2.45, 2.75) is 13.8 Å². The van der Waals surface area contributed by atoms with Gasteiger partial charge in [-0.25, -0.2) is 4.68 Å². The van der Waals surface area contributed by atoms with E-state index in [0.717, 1.165) is 17.1 Å². The van der Waals surface area contributed by atoms with Gasteiger partial charge in [-0.1, -0.05) is 18.2 Å². The smallest absolute Gasteiger partial charge is 0.103 e. The van der Waals surface area contributed by atoms with E-state index in [1.54, 1.807) is 4.68 Å². The summed E-state index contributed by atoms with van der Waals surface area (Å²) in [5, 5.41) is 13.3. The summed E-state index contributed by atoms with van der Waals surface area (Å²) < 4.78 is 1.80. The third-order valence-corrected chi connectivity index (χ3v) is 2.40. The molecule has 0 bridgehead atoms. The summed E-state index contributed by atoms with van der Waals surface area (Å²) in [7, 11) is 0. The number of nitriles is 1. The summed E-state index contributed by atoms with van der Waals surface area (Å²) in [5.41, 5.74) is 3.32. The molecule has 15 heavy (non-hydrogen) atoms. The fraction of sp³-hybridized carbons (Fsp3) is 0.167. The summed E-state index contributed by atoms with van der Waals surface area (Å²) in [6, 6.07) is 12.0. The Balaban J connectivity index is 2.62. The zero-order chi connectivity index (χ0) is 10.8. The fourth-order valence-electron chi connectivity index (χ4n) is 1.63. The third kappa shape index (κ3) is 1.50. The van der Waals surface area contributed by atoms with Crippen LogP contribution in [-0.2, 0) is 0 Å². The topological polar surface area (TPSA) is 41.6 Å². The van der Waals surface area contributed by atoms with Gasteiger partial charge < -0.3 is 0 Å².